The number of fused-ring (bicyclic) bond motifs is 8. The molecule has 5 nitrogen and oxygen atoms in total. The molecule has 78 heavy (non-hydrogen) atoms. The molecular weight excluding hydrogens is 950 g/mol. The second-order valence-electron chi connectivity index (χ2n) is 28.7. The van der Waals surface area contributed by atoms with Gasteiger partial charge in [0, 0.05) is 60.1 Å². The van der Waals surface area contributed by atoms with E-state index in [-0.39, 0.29) is 38.1 Å². The molecule has 2 aliphatic heterocycles. The Morgan fingerprint density at radius 1 is 0.397 bits per heavy atom. The van der Waals surface area contributed by atoms with E-state index in [2.05, 4.69) is 255 Å². The number of hydrogen-bond donors (Lipinski definition) is 0. The van der Waals surface area contributed by atoms with E-state index in [1.165, 1.54) is 22.3 Å². The molecule has 0 spiro atoms. The topological polar surface area (TPSA) is 36.0 Å². The highest BCUT2D eigenvalue weighted by atomic mass is 16.3. The standard InChI is InChI=1S/C72H82BN3O2/c1-43-21-29-51(30-22-43)75-58-41-53(74(49-33-25-45(26-34-49)67(3,4)5)50-35-27-46(28-36-50)68(6,7)8)42-59-60(58)73(65-61(75)54-37-47(69(9,10)11)39-56(63(54)77-65)71(15,16)17)66-62(76(59)52-31-23-44(2)24-32-52)55-38-48(70(12,13)14)40-57(64(55)78-66)72(18,19)20/h21-42H,1-20H3/i1D3. The van der Waals surface area contributed by atoms with Crippen LogP contribution < -0.4 is 31.5 Å². The van der Waals surface area contributed by atoms with Crippen LogP contribution in [0.15, 0.2) is 142 Å². The van der Waals surface area contributed by atoms with Crippen LogP contribution in [0.4, 0.5) is 51.2 Å². The maximum absolute atomic E-state index is 8.51. The third-order valence-electron chi connectivity index (χ3n) is 16.4. The van der Waals surface area contributed by atoms with Crippen LogP contribution in [0.1, 0.15) is 173 Å². The maximum Gasteiger partial charge on any atom is 0.342 e. The minimum Gasteiger partial charge on any atom is -0.468 e. The van der Waals surface area contributed by atoms with Gasteiger partial charge in [-0.15, -0.1) is 0 Å². The molecule has 11 rings (SSSR count). The van der Waals surface area contributed by atoms with E-state index < -0.39 is 13.6 Å². The molecule has 2 aromatic heterocycles. The van der Waals surface area contributed by atoms with Gasteiger partial charge >= 0.3 is 6.71 Å². The number of nitrogens with zero attached hydrogens (tertiary/aromatic N) is 3. The average Bonchev–Trinajstić information content (AvgIpc) is 2.20. The lowest BCUT2D eigenvalue weighted by Gasteiger charge is -2.42. The molecule has 0 amide bonds. The highest BCUT2D eigenvalue weighted by molar-refractivity contribution is 6.99. The molecule has 0 saturated heterocycles. The first-order valence-corrected chi connectivity index (χ1v) is 28.2. The lowest BCUT2D eigenvalue weighted by molar-refractivity contribution is 0.555. The van der Waals surface area contributed by atoms with Crippen molar-refractivity contribution in [1.82, 2.24) is 0 Å². The zero-order chi connectivity index (χ0) is 58.6. The number of hydrogen-bond acceptors (Lipinski definition) is 5. The SMILES string of the molecule is [2H]C([2H])([2H])c1ccc(N2c3cc(N(c4ccc(C(C)(C)C)cc4)c4ccc(C(C)(C)C)cc4)cc4c3B(c3oc5c(C(C)(C)C)cc(C(C)(C)C)cc5c3N4c3ccc(C)cc3)c3oc4c(C(C)(C)C)cc(C(C)(C)C)cc4c32)cc1. The molecule has 0 fully saturated rings. The first kappa shape index (κ1) is 49.4. The van der Waals surface area contributed by atoms with Crippen LogP contribution in [0.25, 0.3) is 21.9 Å². The molecule has 6 heteroatoms. The van der Waals surface area contributed by atoms with E-state index in [1.807, 2.05) is 12.1 Å². The number of benzene rings is 7. The highest BCUT2D eigenvalue weighted by Gasteiger charge is 2.51. The predicted octanol–water partition coefficient (Wildman–Crippen LogP) is 19.1. The summed E-state index contributed by atoms with van der Waals surface area (Å²) >= 11 is 0. The Morgan fingerprint density at radius 3 is 1.09 bits per heavy atom. The Morgan fingerprint density at radius 2 is 0.756 bits per heavy atom. The zero-order valence-electron chi connectivity index (χ0n) is 52.9. The van der Waals surface area contributed by atoms with Crippen molar-refractivity contribution < 1.29 is 12.9 Å². The summed E-state index contributed by atoms with van der Waals surface area (Å²) in [5, 5.41) is 2.05. The van der Waals surface area contributed by atoms with Gasteiger partial charge in [0.15, 0.2) is 0 Å². The van der Waals surface area contributed by atoms with Crippen molar-refractivity contribution in [2.24, 2.45) is 0 Å². The van der Waals surface area contributed by atoms with Crippen molar-refractivity contribution in [3.63, 3.8) is 0 Å². The molecule has 0 saturated carbocycles. The Balaban J connectivity index is 1.36. The van der Waals surface area contributed by atoms with Crippen LogP contribution in [0, 0.1) is 13.8 Å². The quantitative estimate of drug-likeness (QED) is 0.161. The van der Waals surface area contributed by atoms with Crippen LogP contribution in [0.5, 0.6) is 0 Å². The monoisotopic (exact) mass is 1030 g/mol. The number of anilines is 9. The molecule has 0 bridgehead atoms. The van der Waals surface area contributed by atoms with Gasteiger partial charge in [0.05, 0.1) is 17.1 Å². The summed E-state index contributed by atoms with van der Waals surface area (Å²) < 4.78 is 41.0. The second kappa shape index (κ2) is 17.8. The van der Waals surface area contributed by atoms with E-state index in [9.17, 15) is 0 Å². The predicted molar refractivity (Wildman–Crippen MR) is 336 cm³/mol. The molecule has 400 valence electrons. The van der Waals surface area contributed by atoms with Gasteiger partial charge in [0.25, 0.3) is 0 Å². The molecule has 9 aromatic rings. The van der Waals surface area contributed by atoms with Gasteiger partial charge in [-0.3, -0.25) is 0 Å². The number of furan rings is 2. The highest BCUT2D eigenvalue weighted by Crippen LogP contribution is 2.54. The fourth-order valence-electron chi connectivity index (χ4n) is 11.8. The molecule has 0 N–H and O–H groups in total. The van der Waals surface area contributed by atoms with Crippen molar-refractivity contribution in [1.29, 1.82) is 0 Å². The van der Waals surface area contributed by atoms with Crippen molar-refractivity contribution >= 4 is 96.6 Å². The Hall–Kier alpha value is -6.92. The largest absolute Gasteiger partial charge is 0.468 e. The minimum atomic E-state index is -2.29. The third kappa shape index (κ3) is 8.96. The van der Waals surface area contributed by atoms with Gasteiger partial charge in [-0.25, -0.2) is 0 Å². The van der Waals surface area contributed by atoms with Crippen molar-refractivity contribution in [3.05, 3.63) is 178 Å². The zero-order valence-corrected chi connectivity index (χ0v) is 49.9. The molecule has 2 aliphatic rings. The van der Waals surface area contributed by atoms with Crippen LogP contribution in [-0.4, -0.2) is 6.71 Å². The van der Waals surface area contributed by atoms with E-state index >= 15 is 0 Å². The summed E-state index contributed by atoms with van der Waals surface area (Å²) in [6.07, 6.45) is 0. The molecular formula is C72H82BN3O2. The molecule has 0 unspecified atom stereocenters. The smallest absolute Gasteiger partial charge is 0.342 e. The van der Waals surface area contributed by atoms with E-state index in [0.29, 0.717) is 0 Å². The Kier molecular flexibility index (Phi) is 11.3. The number of rotatable bonds is 5. The third-order valence-corrected chi connectivity index (χ3v) is 16.4. The summed E-state index contributed by atoms with van der Waals surface area (Å²) in [7, 11) is 0. The molecule has 0 radical (unpaired) electrons. The van der Waals surface area contributed by atoms with Gasteiger partial charge < -0.3 is 23.5 Å². The van der Waals surface area contributed by atoms with Crippen LogP contribution in [0.2, 0.25) is 0 Å². The van der Waals surface area contributed by atoms with Gasteiger partial charge in [0.2, 0.25) is 0 Å². The summed E-state index contributed by atoms with van der Waals surface area (Å²) in [5.41, 5.74) is 20.6. The Labute approximate surface area is 471 Å². The van der Waals surface area contributed by atoms with Gasteiger partial charge in [0.1, 0.15) is 22.5 Å². The summed E-state index contributed by atoms with van der Waals surface area (Å²) in [5.74, 6) is 0. The maximum atomic E-state index is 8.51. The average molecular weight is 1040 g/mol. The summed E-state index contributed by atoms with van der Waals surface area (Å²) in [4.78, 5) is 7.24. The second-order valence-corrected chi connectivity index (χ2v) is 28.7. The van der Waals surface area contributed by atoms with Crippen molar-refractivity contribution in [2.45, 2.75) is 171 Å². The Bertz CT molecular complexity index is 3860. The van der Waals surface area contributed by atoms with E-state index in [0.717, 1.165) is 107 Å². The van der Waals surface area contributed by atoms with Crippen LogP contribution in [0.3, 0.4) is 0 Å². The van der Waals surface area contributed by atoms with Gasteiger partial charge in [-0.2, -0.15) is 0 Å². The molecule has 4 heterocycles. The minimum absolute atomic E-state index is 0.0531. The van der Waals surface area contributed by atoms with Crippen LogP contribution in [-0.2, 0) is 32.5 Å². The number of aryl methyl sites for hydroxylation is 2. The van der Waals surface area contributed by atoms with Gasteiger partial charge in [-0.1, -0.05) is 196 Å². The summed E-state index contributed by atoms with van der Waals surface area (Å²) in [6, 6.07) is 48.8. The molecule has 0 atom stereocenters. The fraction of sp³-hybridized carbons (Fsp3) is 0.361. The van der Waals surface area contributed by atoms with E-state index in [1.54, 1.807) is 12.1 Å². The fourth-order valence-corrected chi connectivity index (χ4v) is 11.8. The van der Waals surface area contributed by atoms with Crippen LogP contribution >= 0.6 is 0 Å². The first-order valence-electron chi connectivity index (χ1n) is 29.7. The van der Waals surface area contributed by atoms with Crippen molar-refractivity contribution in [2.75, 3.05) is 14.7 Å². The lowest BCUT2D eigenvalue weighted by atomic mass is 9.37. The van der Waals surface area contributed by atoms with Gasteiger partial charge in [-0.05, 0) is 147 Å². The van der Waals surface area contributed by atoms with E-state index in [4.69, 9.17) is 12.9 Å². The lowest BCUT2D eigenvalue weighted by Crippen LogP contribution is -2.60. The first-order chi connectivity index (χ1) is 37.5. The molecule has 0 aliphatic carbocycles. The normalized spacial score (nSPS) is 14.8. The molecule has 7 aromatic carbocycles. The summed E-state index contributed by atoms with van der Waals surface area (Å²) in [6.45, 7) is 40.4. The van der Waals surface area contributed by atoms with Crippen molar-refractivity contribution in [3.8, 4) is 0 Å².